The number of piperazine rings is 1. The molecule has 1 fully saturated rings. The molecule has 4 rings (SSSR count). The third-order valence-corrected chi connectivity index (χ3v) is 5.64. The van der Waals surface area contributed by atoms with Gasteiger partial charge in [-0.15, -0.1) is 0 Å². The summed E-state index contributed by atoms with van der Waals surface area (Å²) in [4.78, 5) is 28.2. The van der Waals surface area contributed by atoms with Crippen LogP contribution in [0.4, 0.5) is 10.5 Å². The van der Waals surface area contributed by atoms with E-state index in [1.165, 1.54) is 0 Å². The van der Waals surface area contributed by atoms with Crippen molar-refractivity contribution in [2.75, 3.05) is 45.2 Å². The van der Waals surface area contributed by atoms with Crippen molar-refractivity contribution in [3.05, 3.63) is 35.7 Å². The molecule has 3 aliphatic heterocycles. The zero-order valence-corrected chi connectivity index (χ0v) is 17.3. The molecule has 0 radical (unpaired) electrons. The number of hydrogen-bond acceptors (Lipinski definition) is 6. The van der Waals surface area contributed by atoms with Crippen LogP contribution in [0.1, 0.15) is 18.9 Å². The van der Waals surface area contributed by atoms with Gasteiger partial charge in [-0.25, -0.2) is 9.79 Å². The predicted molar refractivity (Wildman–Crippen MR) is 115 cm³/mol. The number of ether oxygens (including phenoxy) is 1. The quantitative estimate of drug-likeness (QED) is 0.849. The predicted octanol–water partition coefficient (Wildman–Crippen LogP) is 2.53. The monoisotopic (exact) mass is 396 g/mol. The first-order valence-electron chi connectivity index (χ1n) is 10.1. The molecule has 0 aliphatic carbocycles. The molecule has 0 bridgehead atoms. The number of methoxy groups -OCH3 is 1. The summed E-state index contributed by atoms with van der Waals surface area (Å²) in [5, 5.41) is 3.01. The van der Waals surface area contributed by atoms with E-state index in [1.807, 2.05) is 36.4 Å². The molecule has 0 unspecified atom stereocenters. The summed E-state index contributed by atoms with van der Waals surface area (Å²) >= 11 is 0. The van der Waals surface area contributed by atoms with E-state index in [0.29, 0.717) is 19.1 Å². The normalized spacial score (nSPS) is 20.9. The van der Waals surface area contributed by atoms with Crippen LogP contribution in [0.15, 0.2) is 40.1 Å². The molecule has 29 heavy (non-hydrogen) atoms. The zero-order valence-electron chi connectivity index (χ0n) is 17.3. The minimum Gasteiger partial charge on any atom is -0.497 e. The number of carbonyl (C=O) groups is 1. The molecule has 1 saturated heterocycles. The topological polar surface area (TPSA) is 72.8 Å². The van der Waals surface area contributed by atoms with Gasteiger partial charge in [0.25, 0.3) is 0 Å². The van der Waals surface area contributed by atoms with Gasteiger partial charge < -0.3 is 24.8 Å². The molecule has 0 spiro atoms. The van der Waals surface area contributed by atoms with Crippen LogP contribution in [-0.4, -0.2) is 78.8 Å². The molecular weight excluding hydrogens is 368 g/mol. The number of nitrogens with one attached hydrogen (secondary N) is 1. The van der Waals surface area contributed by atoms with Gasteiger partial charge in [0, 0.05) is 44.5 Å². The fourth-order valence-corrected chi connectivity index (χ4v) is 3.76. The lowest BCUT2D eigenvalue weighted by molar-refractivity contribution is 0.167. The number of hydrogen-bond donors (Lipinski definition) is 1. The number of amidine groups is 1. The number of urea groups is 1. The van der Waals surface area contributed by atoms with Gasteiger partial charge in [-0.3, -0.25) is 4.99 Å². The molecule has 1 atom stereocenters. The largest absolute Gasteiger partial charge is 0.497 e. The summed E-state index contributed by atoms with van der Waals surface area (Å²) < 4.78 is 5.22. The average molecular weight is 396 g/mol. The third-order valence-electron chi connectivity index (χ3n) is 5.64. The highest BCUT2D eigenvalue weighted by Crippen LogP contribution is 2.22. The molecule has 1 aromatic rings. The van der Waals surface area contributed by atoms with Crippen molar-refractivity contribution in [2.24, 2.45) is 9.98 Å². The van der Waals surface area contributed by atoms with Crippen molar-refractivity contribution in [2.45, 2.75) is 26.3 Å². The standard InChI is InChI=1S/C21H28N6O2/c1-4-16-13-27-14-22-19(12-20(27)23-16)25-7-9-26(10-8-25)21(28)24-18-6-5-17(29-3)11-15(18)2/h5-6,11-12,14,16H,4,7-10,13H2,1-3H3,(H,24,28)/t16-/m1/s1. The molecular formula is C21H28N6O2. The van der Waals surface area contributed by atoms with Crippen molar-refractivity contribution < 1.29 is 9.53 Å². The lowest BCUT2D eigenvalue weighted by Crippen LogP contribution is -2.50. The Morgan fingerprint density at radius 3 is 2.76 bits per heavy atom. The Morgan fingerprint density at radius 2 is 2.07 bits per heavy atom. The van der Waals surface area contributed by atoms with Crippen molar-refractivity contribution in [1.29, 1.82) is 0 Å². The van der Waals surface area contributed by atoms with Gasteiger partial charge in [-0.1, -0.05) is 6.92 Å². The van der Waals surface area contributed by atoms with E-state index in [4.69, 9.17) is 9.73 Å². The van der Waals surface area contributed by atoms with E-state index in [0.717, 1.165) is 54.7 Å². The number of nitrogens with zero attached hydrogens (tertiary/aromatic N) is 5. The minimum atomic E-state index is -0.0730. The molecule has 1 aromatic carbocycles. The maximum absolute atomic E-state index is 12.7. The second-order valence-electron chi connectivity index (χ2n) is 7.53. The van der Waals surface area contributed by atoms with E-state index in [9.17, 15) is 4.79 Å². The van der Waals surface area contributed by atoms with Crippen LogP contribution in [0.3, 0.4) is 0 Å². The molecule has 3 aliphatic rings. The maximum atomic E-state index is 12.7. The van der Waals surface area contributed by atoms with Gasteiger partial charge in [0.2, 0.25) is 0 Å². The highest BCUT2D eigenvalue weighted by atomic mass is 16.5. The number of amides is 2. The fourth-order valence-electron chi connectivity index (χ4n) is 3.76. The minimum absolute atomic E-state index is 0.0730. The second kappa shape index (κ2) is 8.14. The number of anilines is 1. The third kappa shape index (κ3) is 4.06. The molecule has 154 valence electrons. The number of rotatable bonds is 4. The van der Waals surface area contributed by atoms with E-state index in [-0.39, 0.29) is 6.03 Å². The summed E-state index contributed by atoms with van der Waals surface area (Å²) in [5.41, 5.74) is 1.79. The number of fused-ring (bicyclic) bond motifs is 1. The van der Waals surface area contributed by atoms with Gasteiger partial charge in [0.05, 0.1) is 19.5 Å². The van der Waals surface area contributed by atoms with E-state index < -0.39 is 0 Å². The van der Waals surface area contributed by atoms with Crippen LogP contribution in [0.2, 0.25) is 0 Å². The molecule has 8 nitrogen and oxygen atoms in total. The first-order chi connectivity index (χ1) is 14.1. The smallest absolute Gasteiger partial charge is 0.321 e. The van der Waals surface area contributed by atoms with Crippen molar-refractivity contribution >= 4 is 23.9 Å². The zero-order chi connectivity index (χ0) is 20.4. The summed E-state index contributed by atoms with van der Waals surface area (Å²) in [6, 6.07) is 5.93. The number of aryl methyl sites for hydroxylation is 1. The Kier molecular flexibility index (Phi) is 5.42. The van der Waals surface area contributed by atoms with Crippen LogP contribution in [0, 0.1) is 6.92 Å². The number of carbonyl (C=O) groups excluding carboxylic acids is 1. The number of benzene rings is 1. The van der Waals surface area contributed by atoms with Crippen LogP contribution in [0.5, 0.6) is 5.75 Å². The maximum Gasteiger partial charge on any atom is 0.321 e. The number of aliphatic imine (C=N–C) groups is 2. The second-order valence-corrected chi connectivity index (χ2v) is 7.53. The first kappa shape index (κ1) is 19.3. The Hall–Kier alpha value is -3.03. The van der Waals surface area contributed by atoms with Gasteiger partial charge in [-0.2, -0.15) is 0 Å². The van der Waals surface area contributed by atoms with E-state index in [2.05, 4.69) is 33.1 Å². The highest BCUT2D eigenvalue weighted by Gasteiger charge is 2.28. The Morgan fingerprint density at radius 1 is 1.28 bits per heavy atom. The summed E-state index contributed by atoms with van der Waals surface area (Å²) in [6.45, 7) is 7.85. The van der Waals surface area contributed by atoms with E-state index >= 15 is 0 Å². The van der Waals surface area contributed by atoms with Crippen molar-refractivity contribution in [3.63, 3.8) is 0 Å². The summed E-state index contributed by atoms with van der Waals surface area (Å²) in [7, 11) is 1.64. The van der Waals surface area contributed by atoms with Crippen LogP contribution < -0.4 is 10.1 Å². The Labute approximate surface area is 171 Å². The molecule has 0 aromatic heterocycles. The van der Waals surface area contributed by atoms with Gasteiger partial charge in [0.15, 0.2) is 0 Å². The summed E-state index contributed by atoms with van der Waals surface area (Å²) in [6.07, 6.45) is 4.99. The Balaban J connectivity index is 1.34. The van der Waals surface area contributed by atoms with Gasteiger partial charge in [0.1, 0.15) is 17.4 Å². The van der Waals surface area contributed by atoms with E-state index in [1.54, 1.807) is 7.11 Å². The SMILES string of the molecule is CC[C@@H]1CN2C=NC(N3CCN(C(=O)Nc4ccc(OC)cc4C)CC3)=CC2=N1. The molecule has 0 saturated carbocycles. The van der Waals surface area contributed by atoms with Gasteiger partial charge >= 0.3 is 6.03 Å². The van der Waals surface area contributed by atoms with Crippen LogP contribution >= 0.6 is 0 Å². The van der Waals surface area contributed by atoms with Crippen molar-refractivity contribution in [3.8, 4) is 5.75 Å². The highest BCUT2D eigenvalue weighted by molar-refractivity contribution is 6.03. The summed E-state index contributed by atoms with van der Waals surface area (Å²) in [5.74, 6) is 2.71. The average Bonchev–Trinajstić information content (AvgIpc) is 3.17. The van der Waals surface area contributed by atoms with Crippen LogP contribution in [0.25, 0.3) is 0 Å². The lowest BCUT2D eigenvalue weighted by Gasteiger charge is -2.36. The fraction of sp³-hybridized carbons (Fsp3) is 0.476. The molecule has 3 heterocycles. The van der Waals surface area contributed by atoms with Crippen molar-refractivity contribution in [1.82, 2.24) is 14.7 Å². The molecule has 1 N–H and O–H groups in total. The van der Waals surface area contributed by atoms with Gasteiger partial charge in [-0.05, 0) is 37.1 Å². The van der Waals surface area contributed by atoms with Crippen LogP contribution in [-0.2, 0) is 0 Å². The lowest BCUT2D eigenvalue weighted by atomic mass is 10.2. The molecule has 8 heteroatoms. The molecule has 2 amide bonds. The first-order valence-corrected chi connectivity index (χ1v) is 10.1. The Bertz CT molecular complexity index is 870.